The third kappa shape index (κ3) is 8.28. The van der Waals surface area contributed by atoms with E-state index in [1.54, 1.807) is 0 Å². The van der Waals surface area contributed by atoms with Gasteiger partial charge in [-0.15, -0.1) is 0 Å². The van der Waals surface area contributed by atoms with E-state index in [0.717, 1.165) is 13.1 Å². The lowest BCUT2D eigenvalue weighted by Gasteiger charge is -2.31. The smallest absolute Gasteiger partial charge is 0.317 e. The summed E-state index contributed by atoms with van der Waals surface area (Å²) in [4.78, 5) is 0. The van der Waals surface area contributed by atoms with Gasteiger partial charge in [0.1, 0.15) is 0 Å². The zero-order valence-corrected chi connectivity index (χ0v) is 11.3. The molecular formula is C11H22F3NS. The lowest BCUT2D eigenvalue weighted by Crippen LogP contribution is -2.32. The van der Waals surface area contributed by atoms with Crippen molar-refractivity contribution in [2.45, 2.75) is 39.6 Å². The minimum atomic E-state index is -4.10. The maximum atomic E-state index is 12.0. The molecule has 0 saturated heterocycles. The zero-order chi connectivity index (χ0) is 12.8. The number of halogens is 3. The number of nitrogens with one attached hydrogen (secondary N) is 1. The fraction of sp³-hybridized carbons (Fsp3) is 1.00. The summed E-state index contributed by atoms with van der Waals surface area (Å²) in [6, 6.07) is 0. The van der Waals surface area contributed by atoms with Crippen molar-refractivity contribution in [3.05, 3.63) is 0 Å². The molecule has 0 aliphatic carbocycles. The van der Waals surface area contributed by atoms with Gasteiger partial charge in [0.05, 0.1) is 0 Å². The van der Waals surface area contributed by atoms with Gasteiger partial charge in [0.15, 0.2) is 0 Å². The van der Waals surface area contributed by atoms with Crippen LogP contribution in [-0.4, -0.2) is 24.4 Å². The average molecular weight is 257 g/mol. The van der Waals surface area contributed by atoms with Crippen molar-refractivity contribution >= 4 is 11.8 Å². The molecular weight excluding hydrogens is 235 g/mol. The van der Waals surface area contributed by atoms with E-state index >= 15 is 0 Å². The van der Waals surface area contributed by atoms with Gasteiger partial charge >= 0.3 is 5.51 Å². The van der Waals surface area contributed by atoms with E-state index in [-0.39, 0.29) is 28.8 Å². The number of hydrogen-bond donors (Lipinski definition) is 1. The Kier molecular flexibility index (Phi) is 6.79. The minimum Gasteiger partial charge on any atom is -0.317 e. The number of alkyl halides is 3. The summed E-state index contributed by atoms with van der Waals surface area (Å²) in [6.45, 7) is 9.88. The van der Waals surface area contributed by atoms with Gasteiger partial charge in [0.2, 0.25) is 0 Å². The topological polar surface area (TPSA) is 12.0 Å². The van der Waals surface area contributed by atoms with E-state index in [9.17, 15) is 13.2 Å². The van der Waals surface area contributed by atoms with Crippen molar-refractivity contribution in [1.82, 2.24) is 5.32 Å². The van der Waals surface area contributed by atoms with Crippen molar-refractivity contribution in [3.8, 4) is 0 Å². The molecule has 1 unspecified atom stereocenters. The molecule has 0 radical (unpaired) electrons. The van der Waals surface area contributed by atoms with Gasteiger partial charge in [0, 0.05) is 5.75 Å². The summed E-state index contributed by atoms with van der Waals surface area (Å²) < 4.78 is 36.0. The Balaban J connectivity index is 4.03. The molecule has 1 atom stereocenters. The Bertz CT molecular complexity index is 187. The van der Waals surface area contributed by atoms with E-state index in [2.05, 4.69) is 26.1 Å². The van der Waals surface area contributed by atoms with Crippen LogP contribution in [0.25, 0.3) is 0 Å². The van der Waals surface area contributed by atoms with Crippen molar-refractivity contribution in [3.63, 3.8) is 0 Å². The molecule has 0 saturated carbocycles. The number of hydrogen-bond acceptors (Lipinski definition) is 2. The summed E-state index contributed by atoms with van der Waals surface area (Å²) >= 11 is 0.0837. The molecule has 0 fully saturated rings. The zero-order valence-electron chi connectivity index (χ0n) is 10.4. The van der Waals surface area contributed by atoms with Crippen molar-refractivity contribution in [1.29, 1.82) is 0 Å². The van der Waals surface area contributed by atoms with Crippen LogP contribution < -0.4 is 5.32 Å². The van der Waals surface area contributed by atoms with Crippen LogP contribution in [0.2, 0.25) is 0 Å². The maximum absolute atomic E-state index is 12.0. The molecule has 16 heavy (non-hydrogen) atoms. The highest BCUT2D eigenvalue weighted by Crippen LogP contribution is 2.34. The summed E-state index contributed by atoms with van der Waals surface area (Å²) in [5.41, 5.74) is -4.05. The first-order valence-electron chi connectivity index (χ1n) is 5.58. The third-order valence-corrected chi connectivity index (χ3v) is 3.36. The van der Waals surface area contributed by atoms with E-state index in [0.29, 0.717) is 6.42 Å². The second kappa shape index (κ2) is 6.74. The summed E-state index contributed by atoms with van der Waals surface area (Å²) in [5.74, 6) is 0.430. The highest BCUT2D eigenvalue weighted by Gasteiger charge is 2.30. The van der Waals surface area contributed by atoms with Crippen molar-refractivity contribution in [2.24, 2.45) is 11.3 Å². The molecule has 0 amide bonds. The second-order valence-electron chi connectivity index (χ2n) is 4.95. The van der Waals surface area contributed by atoms with Gasteiger partial charge in [-0.3, -0.25) is 0 Å². The summed E-state index contributed by atoms with van der Waals surface area (Å²) in [5, 5.41) is 3.21. The molecule has 0 heterocycles. The Labute approximate surface area is 101 Å². The van der Waals surface area contributed by atoms with Crippen LogP contribution in [0.15, 0.2) is 0 Å². The largest absolute Gasteiger partial charge is 0.441 e. The van der Waals surface area contributed by atoms with Gasteiger partial charge in [-0.05, 0) is 30.8 Å². The normalized spacial score (nSPS) is 15.2. The van der Waals surface area contributed by atoms with E-state index in [1.165, 1.54) is 0 Å². The van der Waals surface area contributed by atoms with E-state index in [4.69, 9.17) is 0 Å². The monoisotopic (exact) mass is 257 g/mol. The molecule has 0 aliphatic rings. The fourth-order valence-electron chi connectivity index (χ4n) is 1.48. The predicted octanol–water partition coefficient (Wildman–Crippen LogP) is 3.90. The summed E-state index contributed by atoms with van der Waals surface area (Å²) in [6.07, 6.45) is 0.598. The molecule has 0 aromatic carbocycles. The third-order valence-electron chi connectivity index (χ3n) is 2.60. The molecule has 0 aromatic rings. The van der Waals surface area contributed by atoms with Crippen LogP contribution in [-0.2, 0) is 0 Å². The number of thioether (sulfide) groups is 1. The lowest BCUT2D eigenvalue weighted by atomic mass is 9.79. The van der Waals surface area contributed by atoms with E-state index in [1.807, 2.05) is 6.92 Å². The molecule has 0 aromatic heterocycles. The van der Waals surface area contributed by atoms with Crippen LogP contribution in [0.4, 0.5) is 13.2 Å². The highest BCUT2D eigenvalue weighted by molar-refractivity contribution is 8.00. The SMILES string of the molecule is CCNCC(CCSC(F)(F)F)C(C)(C)C. The minimum absolute atomic E-state index is 0.0499. The van der Waals surface area contributed by atoms with Crippen LogP contribution in [0, 0.1) is 11.3 Å². The predicted molar refractivity (Wildman–Crippen MR) is 64.6 cm³/mol. The van der Waals surface area contributed by atoms with Crippen LogP contribution in [0.5, 0.6) is 0 Å². The Morgan fingerprint density at radius 1 is 1.19 bits per heavy atom. The molecule has 5 heteroatoms. The molecule has 1 N–H and O–H groups in total. The summed E-state index contributed by atoms with van der Waals surface area (Å²) in [7, 11) is 0. The van der Waals surface area contributed by atoms with Gasteiger partial charge < -0.3 is 5.32 Å². The van der Waals surface area contributed by atoms with Crippen LogP contribution >= 0.6 is 11.8 Å². The molecule has 0 aliphatic heterocycles. The molecule has 0 bridgehead atoms. The molecule has 0 rings (SSSR count). The Morgan fingerprint density at radius 2 is 1.75 bits per heavy atom. The molecule has 98 valence electrons. The number of rotatable bonds is 6. The van der Waals surface area contributed by atoms with Crippen LogP contribution in [0.1, 0.15) is 34.1 Å². The van der Waals surface area contributed by atoms with Gasteiger partial charge in [0.25, 0.3) is 0 Å². The maximum Gasteiger partial charge on any atom is 0.441 e. The first-order valence-corrected chi connectivity index (χ1v) is 6.56. The van der Waals surface area contributed by atoms with Crippen LogP contribution in [0.3, 0.4) is 0 Å². The van der Waals surface area contributed by atoms with Gasteiger partial charge in [-0.25, -0.2) is 0 Å². The quantitative estimate of drug-likeness (QED) is 0.774. The van der Waals surface area contributed by atoms with Gasteiger partial charge in [-0.2, -0.15) is 13.2 Å². The van der Waals surface area contributed by atoms with Crippen molar-refractivity contribution < 1.29 is 13.2 Å². The van der Waals surface area contributed by atoms with E-state index < -0.39 is 5.51 Å². The van der Waals surface area contributed by atoms with Crippen molar-refractivity contribution in [2.75, 3.05) is 18.8 Å². The first-order chi connectivity index (χ1) is 7.17. The lowest BCUT2D eigenvalue weighted by molar-refractivity contribution is -0.0329. The standard InChI is InChI=1S/C11H22F3NS/c1-5-15-8-9(10(2,3)4)6-7-16-11(12,13)14/h9,15H,5-8H2,1-4H3. The van der Waals surface area contributed by atoms with Gasteiger partial charge in [-0.1, -0.05) is 39.5 Å². The first kappa shape index (κ1) is 16.1. The average Bonchev–Trinajstić information content (AvgIpc) is 2.06. The molecule has 0 spiro atoms. The highest BCUT2D eigenvalue weighted by atomic mass is 32.2. The second-order valence-corrected chi connectivity index (χ2v) is 6.11. The molecule has 1 nitrogen and oxygen atoms in total. The Hall–Kier alpha value is 0.100. The fourth-order valence-corrected chi connectivity index (χ4v) is 2.11. The Morgan fingerprint density at radius 3 is 2.12 bits per heavy atom.